The fourth-order valence-corrected chi connectivity index (χ4v) is 3.08. The number of anilines is 1. The average molecular weight is 310 g/mol. The van der Waals surface area contributed by atoms with Gasteiger partial charge in [-0.2, -0.15) is 0 Å². The van der Waals surface area contributed by atoms with E-state index in [-0.39, 0.29) is 0 Å². The van der Waals surface area contributed by atoms with Gasteiger partial charge in [0.2, 0.25) is 11.0 Å². The maximum Gasteiger partial charge on any atom is 0.213 e. The quantitative estimate of drug-likeness (QED) is 0.792. The van der Waals surface area contributed by atoms with E-state index in [4.69, 9.17) is 4.74 Å². The number of nitrogens with zero attached hydrogens (tertiary/aromatic N) is 3. The standard InChI is InChI=1S/C13H18N4OS2/c1-9(2)7-14-12-16-17-13(20-12)19-8-10-5-4-6-11(15-10)18-3/h4-6,9H,7-8H2,1-3H3,(H,14,16). The van der Waals surface area contributed by atoms with E-state index < -0.39 is 0 Å². The zero-order valence-corrected chi connectivity index (χ0v) is 13.4. The van der Waals surface area contributed by atoms with E-state index >= 15 is 0 Å². The Hall–Kier alpha value is -1.34. The SMILES string of the molecule is COc1cccc(CSc2nnc(NCC(C)C)s2)n1. The molecule has 2 aromatic rings. The lowest BCUT2D eigenvalue weighted by Crippen LogP contribution is -2.07. The first-order chi connectivity index (χ1) is 9.67. The molecule has 0 fully saturated rings. The van der Waals surface area contributed by atoms with Gasteiger partial charge in [0.05, 0.1) is 12.8 Å². The zero-order chi connectivity index (χ0) is 14.4. The molecule has 108 valence electrons. The molecule has 7 heteroatoms. The van der Waals surface area contributed by atoms with Crippen molar-refractivity contribution in [2.75, 3.05) is 19.0 Å². The van der Waals surface area contributed by atoms with Gasteiger partial charge < -0.3 is 10.1 Å². The second kappa shape index (κ2) is 7.44. The van der Waals surface area contributed by atoms with Crippen molar-refractivity contribution in [2.45, 2.75) is 23.9 Å². The Labute approximate surface area is 127 Å². The van der Waals surface area contributed by atoms with Crippen LogP contribution in [0.2, 0.25) is 0 Å². The van der Waals surface area contributed by atoms with Crippen molar-refractivity contribution in [2.24, 2.45) is 5.92 Å². The summed E-state index contributed by atoms with van der Waals surface area (Å²) in [5.74, 6) is 1.99. The highest BCUT2D eigenvalue weighted by Gasteiger charge is 2.06. The highest BCUT2D eigenvalue weighted by molar-refractivity contribution is 8.00. The highest BCUT2D eigenvalue weighted by atomic mass is 32.2. The molecule has 0 aliphatic carbocycles. The minimum absolute atomic E-state index is 0.594. The molecular weight excluding hydrogens is 292 g/mol. The van der Waals surface area contributed by atoms with Gasteiger partial charge in [-0.3, -0.25) is 0 Å². The van der Waals surface area contributed by atoms with Crippen LogP contribution in [0.5, 0.6) is 5.88 Å². The fourth-order valence-electron chi connectivity index (χ4n) is 1.42. The van der Waals surface area contributed by atoms with Crippen LogP contribution in [0.4, 0.5) is 5.13 Å². The van der Waals surface area contributed by atoms with Crippen LogP contribution in [0.3, 0.4) is 0 Å². The Balaban J connectivity index is 1.87. The number of methoxy groups -OCH3 is 1. The molecule has 2 aromatic heterocycles. The lowest BCUT2D eigenvalue weighted by atomic mass is 10.2. The maximum atomic E-state index is 5.11. The molecule has 0 radical (unpaired) electrons. The molecule has 5 nitrogen and oxygen atoms in total. The van der Waals surface area contributed by atoms with Crippen LogP contribution < -0.4 is 10.1 Å². The third kappa shape index (κ3) is 4.64. The smallest absolute Gasteiger partial charge is 0.213 e. The maximum absolute atomic E-state index is 5.11. The Morgan fingerprint density at radius 2 is 2.20 bits per heavy atom. The molecule has 2 heterocycles. The summed E-state index contributed by atoms with van der Waals surface area (Å²) >= 11 is 3.21. The van der Waals surface area contributed by atoms with Crippen LogP contribution in [0.15, 0.2) is 22.5 Å². The molecule has 20 heavy (non-hydrogen) atoms. The number of aromatic nitrogens is 3. The number of hydrogen-bond donors (Lipinski definition) is 1. The fraction of sp³-hybridized carbons (Fsp3) is 0.462. The summed E-state index contributed by atoms with van der Waals surface area (Å²) in [5, 5.41) is 12.4. The topological polar surface area (TPSA) is 59.9 Å². The molecule has 0 saturated carbocycles. The molecule has 0 amide bonds. The Kier molecular flexibility index (Phi) is 5.60. The van der Waals surface area contributed by atoms with Gasteiger partial charge in [-0.25, -0.2) is 4.98 Å². The van der Waals surface area contributed by atoms with E-state index in [0.29, 0.717) is 11.8 Å². The highest BCUT2D eigenvalue weighted by Crippen LogP contribution is 2.28. The van der Waals surface area contributed by atoms with Gasteiger partial charge in [0.1, 0.15) is 0 Å². The van der Waals surface area contributed by atoms with Gasteiger partial charge in [-0.15, -0.1) is 10.2 Å². The van der Waals surface area contributed by atoms with Gasteiger partial charge in [0, 0.05) is 18.4 Å². The van der Waals surface area contributed by atoms with Crippen LogP contribution in [0.1, 0.15) is 19.5 Å². The van der Waals surface area contributed by atoms with Crippen molar-refractivity contribution < 1.29 is 4.74 Å². The van der Waals surface area contributed by atoms with Crippen LogP contribution in [0, 0.1) is 5.92 Å². The average Bonchev–Trinajstić information content (AvgIpc) is 2.91. The van der Waals surface area contributed by atoms with Gasteiger partial charge in [0.15, 0.2) is 4.34 Å². The summed E-state index contributed by atoms with van der Waals surface area (Å²) in [6.07, 6.45) is 0. The third-order valence-corrected chi connectivity index (χ3v) is 4.45. The molecule has 0 saturated heterocycles. The van der Waals surface area contributed by atoms with Crippen LogP contribution in [0.25, 0.3) is 0 Å². The predicted molar refractivity (Wildman–Crippen MR) is 83.6 cm³/mol. The van der Waals surface area contributed by atoms with Crippen LogP contribution >= 0.6 is 23.1 Å². The van der Waals surface area contributed by atoms with Crippen molar-refractivity contribution in [1.29, 1.82) is 0 Å². The number of nitrogens with one attached hydrogen (secondary N) is 1. The van der Waals surface area contributed by atoms with Gasteiger partial charge in [0.25, 0.3) is 0 Å². The summed E-state index contributed by atoms with van der Waals surface area (Å²) in [4.78, 5) is 4.37. The number of thioether (sulfide) groups is 1. The van der Waals surface area contributed by atoms with E-state index in [1.54, 1.807) is 30.2 Å². The minimum atomic E-state index is 0.594. The number of pyridine rings is 1. The molecule has 0 aromatic carbocycles. The van der Waals surface area contributed by atoms with E-state index in [0.717, 1.165) is 27.5 Å². The second-order valence-electron chi connectivity index (χ2n) is 4.61. The largest absolute Gasteiger partial charge is 0.481 e. The monoisotopic (exact) mass is 310 g/mol. The molecule has 0 bridgehead atoms. The van der Waals surface area contributed by atoms with Gasteiger partial charge >= 0.3 is 0 Å². The lowest BCUT2D eigenvalue weighted by molar-refractivity contribution is 0.397. The van der Waals surface area contributed by atoms with Crippen LogP contribution in [-0.2, 0) is 5.75 Å². The first-order valence-corrected chi connectivity index (χ1v) is 8.17. The van der Waals surface area contributed by atoms with E-state index in [1.165, 1.54) is 0 Å². The Morgan fingerprint density at radius 1 is 1.35 bits per heavy atom. The minimum Gasteiger partial charge on any atom is -0.481 e. The normalized spacial score (nSPS) is 10.8. The second-order valence-corrected chi connectivity index (χ2v) is 6.81. The Morgan fingerprint density at radius 3 is 2.95 bits per heavy atom. The van der Waals surface area contributed by atoms with Crippen LogP contribution in [-0.4, -0.2) is 28.8 Å². The van der Waals surface area contributed by atoms with Crippen molar-refractivity contribution >= 4 is 28.2 Å². The van der Waals surface area contributed by atoms with E-state index in [2.05, 4.69) is 34.3 Å². The summed E-state index contributed by atoms with van der Waals surface area (Å²) in [6.45, 7) is 5.24. The molecule has 0 aliphatic rings. The predicted octanol–water partition coefficient (Wildman–Crippen LogP) is 3.30. The molecule has 0 spiro atoms. The van der Waals surface area contributed by atoms with Crippen molar-refractivity contribution in [3.05, 3.63) is 23.9 Å². The summed E-state index contributed by atoms with van der Waals surface area (Å²) < 4.78 is 6.05. The van der Waals surface area contributed by atoms with Gasteiger partial charge in [-0.1, -0.05) is 43.0 Å². The zero-order valence-electron chi connectivity index (χ0n) is 11.8. The van der Waals surface area contributed by atoms with Crippen molar-refractivity contribution in [3.63, 3.8) is 0 Å². The molecule has 1 N–H and O–H groups in total. The summed E-state index contributed by atoms with van der Waals surface area (Å²) in [6, 6.07) is 5.76. The first-order valence-electron chi connectivity index (χ1n) is 6.37. The number of ether oxygens (including phenoxy) is 1. The first kappa shape index (κ1) is 15.1. The number of rotatable bonds is 7. The molecular formula is C13H18N4OS2. The lowest BCUT2D eigenvalue weighted by Gasteiger charge is -2.03. The van der Waals surface area contributed by atoms with Crippen molar-refractivity contribution in [1.82, 2.24) is 15.2 Å². The summed E-state index contributed by atoms with van der Waals surface area (Å²) in [7, 11) is 1.62. The van der Waals surface area contributed by atoms with E-state index in [9.17, 15) is 0 Å². The third-order valence-electron chi connectivity index (χ3n) is 2.40. The molecule has 2 rings (SSSR count). The molecule has 0 atom stereocenters. The molecule has 0 unspecified atom stereocenters. The van der Waals surface area contributed by atoms with E-state index in [1.807, 2.05) is 18.2 Å². The van der Waals surface area contributed by atoms with Crippen molar-refractivity contribution in [3.8, 4) is 5.88 Å². The Bertz CT molecular complexity index is 545. The summed E-state index contributed by atoms with van der Waals surface area (Å²) in [5.41, 5.74) is 0.973. The molecule has 0 aliphatic heterocycles. The van der Waals surface area contributed by atoms with Gasteiger partial charge in [-0.05, 0) is 12.0 Å². The number of hydrogen-bond acceptors (Lipinski definition) is 7.